The number of aliphatic hydroxyl groups is 1. The fourth-order valence-electron chi connectivity index (χ4n) is 4.38. The van der Waals surface area contributed by atoms with Crippen molar-refractivity contribution in [3.63, 3.8) is 0 Å². The zero-order valence-corrected chi connectivity index (χ0v) is 20.1. The predicted octanol–water partition coefficient (Wildman–Crippen LogP) is 1.74. The van der Waals surface area contributed by atoms with E-state index in [4.69, 9.17) is 9.84 Å². The van der Waals surface area contributed by atoms with Gasteiger partial charge in [0.15, 0.2) is 0 Å². The van der Waals surface area contributed by atoms with E-state index in [0.717, 1.165) is 12.8 Å². The van der Waals surface area contributed by atoms with Gasteiger partial charge < -0.3 is 16.4 Å². The second-order valence-corrected chi connectivity index (χ2v) is 8.52. The van der Waals surface area contributed by atoms with Crippen LogP contribution in [-0.4, -0.2) is 46.3 Å². The Bertz CT molecular complexity index is 587. The summed E-state index contributed by atoms with van der Waals surface area (Å²) in [6, 6.07) is 0. The molecule has 1 saturated carbocycles. The van der Waals surface area contributed by atoms with Crippen molar-refractivity contribution in [2.24, 2.45) is 17.8 Å². The van der Waals surface area contributed by atoms with Gasteiger partial charge in [0, 0.05) is 12.3 Å². The second-order valence-electron chi connectivity index (χ2n) is 8.52. The molecule has 1 saturated heterocycles. The van der Waals surface area contributed by atoms with E-state index in [1.165, 1.54) is 13.0 Å². The third-order valence-corrected chi connectivity index (χ3v) is 6.15. The average molecular weight is 425 g/mol. The first-order valence-corrected chi connectivity index (χ1v) is 10.4. The van der Waals surface area contributed by atoms with Crippen LogP contribution in [0.2, 0.25) is 0 Å². The summed E-state index contributed by atoms with van der Waals surface area (Å²) in [6.07, 6.45) is 6.19. The topological polar surface area (TPSA) is 66.8 Å². The molecule has 0 aromatic carbocycles. The van der Waals surface area contributed by atoms with E-state index in [1.807, 2.05) is 13.8 Å². The van der Waals surface area contributed by atoms with Crippen molar-refractivity contribution in [1.29, 1.82) is 0 Å². The zero-order valence-electron chi connectivity index (χ0n) is 19.1. The van der Waals surface area contributed by atoms with Gasteiger partial charge in [-0.15, -0.1) is 0 Å². The SMILES string of the molecule is CCCCC(C)(F)[C@H](O)/C=C/[C@@H]1[C@H]2C(F)C(/C=C/CCC(=O)O)O[C@H]2C[C@H]1C.[H-].[Na+]. The van der Waals surface area contributed by atoms with Gasteiger partial charge in [-0.2, -0.15) is 0 Å². The van der Waals surface area contributed by atoms with Crippen molar-refractivity contribution in [3.8, 4) is 0 Å². The number of halogens is 2. The van der Waals surface area contributed by atoms with Crippen LogP contribution in [0.3, 0.4) is 0 Å². The van der Waals surface area contributed by atoms with Crippen molar-refractivity contribution in [1.82, 2.24) is 0 Å². The summed E-state index contributed by atoms with van der Waals surface area (Å²) in [4.78, 5) is 10.6. The third kappa shape index (κ3) is 7.13. The Hall–Kier alpha value is -0.270. The minimum Gasteiger partial charge on any atom is -1.00 e. The van der Waals surface area contributed by atoms with E-state index < -0.39 is 30.0 Å². The van der Waals surface area contributed by atoms with Gasteiger partial charge >= 0.3 is 35.5 Å². The molecule has 29 heavy (non-hydrogen) atoms. The molecule has 0 aromatic heterocycles. The number of aliphatic carboxylic acids is 1. The number of carboxylic acids is 1. The van der Waals surface area contributed by atoms with E-state index in [-0.39, 0.29) is 61.3 Å². The summed E-state index contributed by atoms with van der Waals surface area (Å²) < 4.78 is 35.5. The number of rotatable bonds is 10. The number of ether oxygens (including phenoxy) is 1. The van der Waals surface area contributed by atoms with E-state index >= 15 is 4.39 Å². The van der Waals surface area contributed by atoms with Crippen LogP contribution in [0.1, 0.15) is 60.7 Å². The van der Waals surface area contributed by atoms with Gasteiger partial charge in [-0.3, -0.25) is 4.79 Å². The fraction of sp³-hybridized carbons (Fsp3) is 0.773. The first-order valence-electron chi connectivity index (χ1n) is 10.4. The Kier molecular flexibility index (Phi) is 11.0. The minimum absolute atomic E-state index is 0. The molecule has 2 rings (SSSR count). The summed E-state index contributed by atoms with van der Waals surface area (Å²) in [5.74, 6) is -1.14. The summed E-state index contributed by atoms with van der Waals surface area (Å²) in [5.41, 5.74) is -1.69. The molecule has 7 heteroatoms. The molecule has 2 aliphatic rings. The van der Waals surface area contributed by atoms with Crippen molar-refractivity contribution >= 4 is 5.97 Å². The molecule has 162 valence electrons. The largest absolute Gasteiger partial charge is 1.00 e. The number of carboxylic acid groups (broad SMARTS) is 1. The van der Waals surface area contributed by atoms with Crippen molar-refractivity contribution in [2.45, 2.75) is 89.4 Å². The number of fused-ring (bicyclic) bond motifs is 1. The van der Waals surface area contributed by atoms with Gasteiger partial charge in [-0.1, -0.05) is 51.0 Å². The van der Waals surface area contributed by atoms with E-state index in [0.29, 0.717) is 19.3 Å². The number of allylic oxidation sites excluding steroid dienone is 2. The first-order chi connectivity index (χ1) is 13.2. The number of hydrogen-bond donors (Lipinski definition) is 2. The number of aliphatic hydroxyl groups excluding tert-OH is 1. The quantitative estimate of drug-likeness (QED) is 0.414. The molecule has 3 unspecified atom stereocenters. The number of alkyl halides is 2. The summed E-state index contributed by atoms with van der Waals surface area (Å²) >= 11 is 0. The maximum absolute atomic E-state index is 15.0. The van der Waals surface area contributed by atoms with Crippen LogP contribution in [-0.2, 0) is 9.53 Å². The monoisotopic (exact) mass is 424 g/mol. The van der Waals surface area contributed by atoms with Gasteiger partial charge in [-0.25, -0.2) is 8.78 Å². The van der Waals surface area contributed by atoms with Gasteiger partial charge in [-0.05, 0) is 38.0 Å². The van der Waals surface area contributed by atoms with Gasteiger partial charge in [0.25, 0.3) is 0 Å². The van der Waals surface area contributed by atoms with Gasteiger partial charge in [0.1, 0.15) is 24.0 Å². The number of hydrogen-bond acceptors (Lipinski definition) is 3. The summed E-state index contributed by atoms with van der Waals surface area (Å²) in [7, 11) is 0. The second kappa shape index (κ2) is 11.9. The van der Waals surface area contributed by atoms with Crippen LogP contribution in [0.15, 0.2) is 24.3 Å². The molecule has 2 fully saturated rings. The number of unbranched alkanes of at least 4 members (excludes halogenated alkanes) is 1. The molecule has 0 aromatic rings. The van der Waals surface area contributed by atoms with Gasteiger partial charge in [0.2, 0.25) is 0 Å². The Morgan fingerprint density at radius 1 is 1.41 bits per heavy atom. The maximum Gasteiger partial charge on any atom is 1.00 e. The fourth-order valence-corrected chi connectivity index (χ4v) is 4.38. The molecule has 0 amide bonds. The molecule has 1 aliphatic carbocycles. The molecule has 1 heterocycles. The molecule has 2 N–H and O–H groups in total. The van der Waals surface area contributed by atoms with Crippen LogP contribution in [0.25, 0.3) is 0 Å². The Balaban J connectivity index is 0.00000420. The summed E-state index contributed by atoms with van der Waals surface area (Å²) in [6.45, 7) is 5.42. The molecule has 0 bridgehead atoms. The zero-order chi connectivity index (χ0) is 20.9. The maximum atomic E-state index is 15.0. The Morgan fingerprint density at radius 3 is 2.72 bits per heavy atom. The molecule has 0 spiro atoms. The number of carbonyl (C=O) groups is 1. The van der Waals surface area contributed by atoms with E-state index in [1.54, 1.807) is 18.2 Å². The minimum atomic E-state index is -1.69. The van der Waals surface area contributed by atoms with Crippen LogP contribution < -0.4 is 29.6 Å². The molecular formula is C22H35F2NaO4. The summed E-state index contributed by atoms with van der Waals surface area (Å²) in [5, 5.41) is 18.9. The molecular weight excluding hydrogens is 389 g/mol. The standard InChI is InChI=1S/C22H34F2O4.Na.H/c1-4-5-12-22(3,24)18(25)11-10-15-14(2)13-17-20(15)21(23)16(28-17)8-6-7-9-19(26)27;;/h6,8,10-11,14-18,20-21,25H,4-5,7,9,12-13H2,1-3H3,(H,26,27);;/q;+1;-1/b8-6+,11-10+;;/t14-,15+,16?,17+,18-,20-,21?,22?;;/m1../s1. The Morgan fingerprint density at radius 2 is 2.10 bits per heavy atom. The van der Waals surface area contributed by atoms with Crippen LogP contribution >= 0.6 is 0 Å². The predicted molar refractivity (Wildman–Crippen MR) is 106 cm³/mol. The van der Waals surface area contributed by atoms with Crippen LogP contribution in [0, 0.1) is 17.8 Å². The molecule has 8 atom stereocenters. The Labute approximate surface area is 196 Å². The average Bonchev–Trinajstić information content (AvgIpc) is 3.09. The van der Waals surface area contributed by atoms with Crippen LogP contribution in [0.4, 0.5) is 8.78 Å². The van der Waals surface area contributed by atoms with E-state index in [9.17, 15) is 14.3 Å². The molecule has 4 nitrogen and oxygen atoms in total. The molecule has 1 aliphatic heterocycles. The third-order valence-electron chi connectivity index (χ3n) is 6.15. The van der Waals surface area contributed by atoms with Gasteiger partial charge in [0.05, 0.1) is 6.10 Å². The normalized spacial score (nSPS) is 34.8. The van der Waals surface area contributed by atoms with Crippen molar-refractivity contribution in [2.75, 3.05) is 0 Å². The van der Waals surface area contributed by atoms with Crippen LogP contribution in [0.5, 0.6) is 0 Å². The van der Waals surface area contributed by atoms with Crippen molar-refractivity contribution < 1.29 is 59.5 Å². The van der Waals surface area contributed by atoms with Crippen molar-refractivity contribution in [3.05, 3.63) is 24.3 Å². The van der Waals surface area contributed by atoms with E-state index in [2.05, 4.69) is 0 Å². The smallest absolute Gasteiger partial charge is 1.00 e. The molecule has 0 radical (unpaired) electrons. The first kappa shape index (κ1) is 26.8.